The predicted molar refractivity (Wildman–Crippen MR) is 463 cm³/mol. The fourth-order valence-electron chi connectivity index (χ4n) is 10.7. The van der Waals surface area contributed by atoms with E-state index in [9.17, 15) is 43.2 Å². The van der Waals surface area contributed by atoms with Gasteiger partial charge in [-0.05, 0) is 173 Å². The third kappa shape index (κ3) is 81.9. The van der Waals surface area contributed by atoms with Gasteiger partial charge in [0, 0.05) is 25.7 Å². The van der Waals surface area contributed by atoms with Crippen molar-refractivity contribution in [3.8, 4) is 0 Å². The highest BCUT2D eigenvalue weighted by molar-refractivity contribution is 7.47. The van der Waals surface area contributed by atoms with Crippen LogP contribution in [-0.2, 0) is 65.4 Å². The zero-order chi connectivity index (χ0) is 81.7. The molecule has 634 valence electrons. The van der Waals surface area contributed by atoms with E-state index in [0.29, 0.717) is 32.1 Å². The van der Waals surface area contributed by atoms with E-state index >= 15 is 0 Å². The molecule has 112 heavy (non-hydrogen) atoms. The minimum Gasteiger partial charge on any atom is -0.462 e. The average Bonchev–Trinajstić information content (AvgIpc) is 0.898. The lowest BCUT2D eigenvalue weighted by molar-refractivity contribution is -0.161. The number of phosphoric ester groups is 2. The molecule has 0 fully saturated rings. The lowest BCUT2D eigenvalue weighted by Crippen LogP contribution is -2.30. The third-order valence-corrected chi connectivity index (χ3v) is 18.9. The van der Waals surface area contributed by atoms with Crippen LogP contribution >= 0.6 is 15.6 Å². The Morgan fingerprint density at radius 1 is 0.259 bits per heavy atom. The molecule has 0 aliphatic carbocycles. The van der Waals surface area contributed by atoms with Gasteiger partial charge in [-0.1, -0.05) is 306 Å². The van der Waals surface area contributed by atoms with E-state index in [2.05, 4.69) is 204 Å². The van der Waals surface area contributed by atoms with Crippen molar-refractivity contribution in [3.63, 3.8) is 0 Å². The Balaban J connectivity index is 5.50. The molecule has 0 heterocycles. The number of allylic oxidation sites excluding steroid dienone is 32. The molecule has 0 amide bonds. The monoisotopic (exact) mass is 1600 g/mol. The molecule has 0 aromatic heterocycles. The van der Waals surface area contributed by atoms with E-state index in [1.807, 2.05) is 18.2 Å². The maximum Gasteiger partial charge on any atom is 0.472 e. The summed E-state index contributed by atoms with van der Waals surface area (Å²) in [6, 6.07) is 0. The summed E-state index contributed by atoms with van der Waals surface area (Å²) in [6.07, 6.45) is 103. The van der Waals surface area contributed by atoms with E-state index in [0.717, 1.165) is 205 Å². The van der Waals surface area contributed by atoms with Gasteiger partial charge in [-0.25, -0.2) is 9.13 Å². The molecule has 0 spiro atoms. The topological polar surface area (TPSA) is 237 Å². The Morgan fingerprint density at radius 2 is 0.482 bits per heavy atom. The molecule has 0 aliphatic heterocycles. The zero-order valence-corrected chi connectivity index (χ0v) is 71.3. The molecule has 19 heteroatoms. The van der Waals surface area contributed by atoms with E-state index in [-0.39, 0.29) is 25.7 Å². The van der Waals surface area contributed by atoms with Crippen LogP contribution in [0.25, 0.3) is 0 Å². The first-order valence-electron chi connectivity index (χ1n) is 42.7. The highest BCUT2D eigenvalue weighted by Gasteiger charge is 2.30. The van der Waals surface area contributed by atoms with Crippen molar-refractivity contribution < 1.29 is 80.2 Å². The third-order valence-electron chi connectivity index (χ3n) is 17.0. The number of esters is 4. The summed E-state index contributed by atoms with van der Waals surface area (Å²) in [5.74, 6) is -2.33. The van der Waals surface area contributed by atoms with E-state index in [1.165, 1.54) is 19.3 Å². The molecule has 0 bridgehead atoms. The maximum atomic E-state index is 13.1. The maximum absolute atomic E-state index is 13.1. The first-order chi connectivity index (χ1) is 54.7. The summed E-state index contributed by atoms with van der Waals surface area (Å²) in [5.41, 5.74) is 0. The van der Waals surface area contributed by atoms with Crippen molar-refractivity contribution in [1.29, 1.82) is 0 Å². The van der Waals surface area contributed by atoms with Crippen LogP contribution in [0.3, 0.4) is 0 Å². The fourth-order valence-corrected chi connectivity index (χ4v) is 12.2. The van der Waals surface area contributed by atoms with Gasteiger partial charge in [0.2, 0.25) is 0 Å². The van der Waals surface area contributed by atoms with Gasteiger partial charge in [-0.3, -0.25) is 37.3 Å². The van der Waals surface area contributed by atoms with E-state index < -0.39 is 97.5 Å². The predicted octanol–water partition coefficient (Wildman–Crippen LogP) is 25.7. The largest absolute Gasteiger partial charge is 0.472 e. The number of carbonyl (C=O) groups is 4. The van der Waals surface area contributed by atoms with Crippen LogP contribution in [0, 0.1) is 0 Å². The number of phosphoric acid groups is 2. The van der Waals surface area contributed by atoms with Gasteiger partial charge < -0.3 is 33.8 Å². The Kier molecular flexibility index (Phi) is 78.4. The number of ether oxygens (including phenoxy) is 4. The van der Waals surface area contributed by atoms with Crippen molar-refractivity contribution in [2.24, 2.45) is 0 Å². The first kappa shape index (κ1) is 106. The summed E-state index contributed by atoms with van der Waals surface area (Å²) < 4.78 is 68.7. The highest BCUT2D eigenvalue weighted by Crippen LogP contribution is 2.45. The van der Waals surface area contributed by atoms with Crippen LogP contribution < -0.4 is 0 Å². The van der Waals surface area contributed by atoms with Crippen molar-refractivity contribution >= 4 is 39.5 Å². The molecule has 0 aromatic carbocycles. The summed E-state index contributed by atoms with van der Waals surface area (Å²) in [4.78, 5) is 73.3. The average molecular weight is 1600 g/mol. The second-order valence-electron chi connectivity index (χ2n) is 27.6. The summed E-state index contributed by atoms with van der Waals surface area (Å²) in [6.45, 7) is 4.37. The van der Waals surface area contributed by atoms with E-state index in [1.54, 1.807) is 0 Å². The molecule has 0 saturated carbocycles. The van der Waals surface area contributed by atoms with Crippen molar-refractivity contribution in [2.75, 3.05) is 39.6 Å². The normalized spacial score (nSPS) is 14.7. The number of carbonyl (C=O) groups excluding carboxylic acids is 4. The molecule has 0 saturated heterocycles. The second kappa shape index (κ2) is 82.9. The van der Waals surface area contributed by atoms with Gasteiger partial charge in [-0.15, -0.1) is 0 Å². The van der Waals surface area contributed by atoms with Crippen LogP contribution in [-0.4, -0.2) is 96.7 Å². The van der Waals surface area contributed by atoms with Gasteiger partial charge >= 0.3 is 39.5 Å². The van der Waals surface area contributed by atoms with Crippen LogP contribution in [0.5, 0.6) is 0 Å². The van der Waals surface area contributed by atoms with Crippen LogP contribution in [0.1, 0.15) is 310 Å². The van der Waals surface area contributed by atoms with Gasteiger partial charge in [-0.2, -0.15) is 0 Å². The van der Waals surface area contributed by atoms with Crippen LogP contribution in [0.2, 0.25) is 0 Å². The van der Waals surface area contributed by atoms with Gasteiger partial charge in [0.1, 0.15) is 19.3 Å². The number of unbranched alkanes of at least 4 members (excludes halogenated alkanes) is 20. The van der Waals surface area contributed by atoms with E-state index in [4.69, 9.17) is 37.0 Å². The molecular weight excluding hydrogens is 1450 g/mol. The van der Waals surface area contributed by atoms with Crippen molar-refractivity contribution in [1.82, 2.24) is 0 Å². The Labute approximate surface area is 678 Å². The Morgan fingerprint density at radius 3 is 0.768 bits per heavy atom. The number of rotatable bonds is 78. The van der Waals surface area contributed by atoms with Crippen LogP contribution in [0.4, 0.5) is 0 Å². The van der Waals surface area contributed by atoms with Gasteiger partial charge in [0.15, 0.2) is 12.2 Å². The lowest BCUT2D eigenvalue weighted by Gasteiger charge is -2.21. The molecular formula is C93H150O17P2. The molecule has 0 aliphatic rings. The SMILES string of the molecule is CC/C=C\C/C=C\C/C=C\C/C=C\C/C=C\C/C=C\CCC(=O)OCC(COP(=O)(O)OCC(O)COP(=O)(O)OCC(COC(=O)CCCCCCCC/C=C\C/C=C\C/C=C\CCCCC)OC(=O)CCCCCCC/C=C\C/C=C\C/C=C\CC)OC(=O)CCCCCCCC/C=C\C/C=C\C/C=C\C/C=C\CC. The number of hydrogen-bond acceptors (Lipinski definition) is 15. The molecule has 17 nitrogen and oxygen atoms in total. The second-order valence-corrected chi connectivity index (χ2v) is 30.5. The molecule has 5 atom stereocenters. The van der Waals surface area contributed by atoms with Crippen LogP contribution in [0.15, 0.2) is 194 Å². The molecule has 3 N–H and O–H groups in total. The molecule has 5 unspecified atom stereocenters. The minimum atomic E-state index is -5.02. The fraction of sp³-hybridized carbons (Fsp3) is 0.613. The molecule has 0 rings (SSSR count). The number of hydrogen-bond donors (Lipinski definition) is 3. The quantitative estimate of drug-likeness (QED) is 0.0169. The first-order valence-corrected chi connectivity index (χ1v) is 45.7. The molecule has 0 aromatic rings. The summed E-state index contributed by atoms with van der Waals surface area (Å²) in [7, 11) is -10.0. The van der Waals surface area contributed by atoms with Gasteiger partial charge in [0.25, 0.3) is 0 Å². The summed E-state index contributed by atoms with van der Waals surface area (Å²) in [5, 5.41) is 10.7. The lowest BCUT2D eigenvalue weighted by atomic mass is 10.1. The van der Waals surface area contributed by atoms with Gasteiger partial charge in [0.05, 0.1) is 26.4 Å². The molecule has 0 radical (unpaired) electrons. The summed E-state index contributed by atoms with van der Waals surface area (Å²) >= 11 is 0. The van der Waals surface area contributed by atoms with Crippen molar-refractivity contribution in [3.05, 3.63) is 194 Å². The standard InChI is InChI=1S/C93H150O17P2/c1-5-9-13-17-21-25-29-33-37-40-43-46-50-53-57-61-65-69-73-77-90(95)103-83-88(109-92(97)79-75-71-67-63-59-55-49-36-32-28-24-20-16-12-8-4)85-107-111(99,100)105-81-87(94)82-106-112(101,102)108-86-89(110-93(98)80-76-72-68-64-60-56-52-48-45-42-39-35-31-27-23-19-15-11-7-3)84-104-91(96)78-74-70-66-62-58-54-51-47-44-41-38-34-30-26-22-18-14-10-6-2/h10-12,14-16,21-28,33-39,43-49,54,58,66,70,87-89,94H,5-9,13,17-20,29-32,40-42,50-53,55-57,59-65,67-69,71-86H2,1-4H3,(H,99,100)(H,101,102)/b14-10-,15-11-,16-12-,25-21-,26-22-,27-23-,28-24-,37-33-,38-34-,39-35-,46-43-,47-44-,48-45-,49-36-,58-54-,70-66-. The Bertz CT molecular complexity index is 2890. The zero-order valence-electron chi connectivity index (χ0n) is 69.5. The number of aliphatic hydroxyl groups is 1. The smallest absolute Gasteiger partial charge is 0.462 e. The Hall–Kier alpha value is -6.10. The minimum absolute atomic E-state index is 0.0248. The number of aliphatic hydroxyl groups excluding tert-OH is 1. The van der Waals surface area contributed by atoms with Crippen molar-refractivity contribution in [2.45, 2.75) is 329 Å². The highest BCUT2D eigenvalue weighted by atomic mass is 31.2.